The maximum atomic E-state index is 11.2. The van der Waals surface area contributed by atoms with Crippen molar-refractivity contribution in [2.24, 2.45) is 0 Å². The average Bonchev–Trinajstić information content (AvgIpc) is 2.82. The first-order valence-electron chi connectivity index (χ1n) is 6.07. The molecule has 0 saturated heterocycles. The lowest BCUT2D eigenvalue weighted by atomic mass is 9.99. The van der Waals surface area contributed by atoms with Crippen molar-refractivity contribution in [3.63, 3.8) is 0 Å². The molecule has 19 heavy (non-hydrogen) atoms. The first-order valence-corrected chi connectivity index (χ1v) is 6.07. The van der Waals surface area contributed by atoms with Crippen LogP contribution in [0.2, 0.25) is 0 Å². The van der Waals surface area contributed by atoms with Gasteiger partial charge in [-0.05, 0) is 35.7 Å². The van der Waals surface area contributed by atoms with Crippen LogP contribution < -0.4 is 0 Å². The average molecular weight is 251 g/mol. The van der Waals surface area contributed by atoms with Gasteiger partial charge < -0.3 is 10.1 Å². The zero-order valence-electron chi connectivity index (χ0n) is 10.5. The van der Waals surface area contributed by atoms with Gasteiger partial charge in [0.1, 0.15) is 0 Å². The van der Waals surface area contributed by atoms with Crippen molar-refractivity contribution in [2.75, 3.05) is 0 Å². The molecular weight excluding hydrogens is 238 g/mol. The standard InChI is InChI=1S/C16H13NO2/c1-10-4-2-3-5-12(10)11-6-7-15-13(8-11)14(9-17-15)16(18)19/h2-9,17H,1H3,(H,18,19). The third kappa shape index (κ3) is 1.89. The molecule has 94 valence electrons. The van der Waals surface area contributed by atoms with Crippen LogP contribution >= 0.6 is 0 Å². The summed E-state index contributed by atoms with van der Waals surface area (Å²) in [5, 5.41) is 9.91. The zero-order valence-corrected chi connectivity index (χ0v) is 10.5. The number of carboxylic acid groups (broad SMARTS) is 1. The fourth-order valence-electron chi connectivity index (χ4n) is 2.36. The van der Waals surface area contributed by atoms with Gasteiger partial charge in [-0.25, -0.2) is 4.79 Å². The molecule has 0 bridgehead atoms. The second-order valence-corrected chi connectivity index (χ2v) is 4.58. The lowest BCUT2D eigenvalue weighted by molar-refractivity contribution is 0.0699. The maximum Gasteiger partial charge on any atom is 0.337 e. The van der Waals surface area contributed by atoms with Gasteiger partial charge in [0.2, 0.25) is 0 Å². The van der Waals surface area contributed by atoms with Gasteiger partial charge in [0.05, 0.1) is 5.56 Å². The molecule has 0 saturated carbocycles. The van der Waals surface area contributed by atoms with Gasteiger partial charge in [-0.15, -0.1) is 0 Å². The molecule has 0 unspecified atom stereocenters. The summed E-state index contributed by atoms with van der Waals surface area (Å²) in [6.07, 6.45) is 1.54. The Hall–Kier alpha value is -2.55. The third-order valence-electron chi connectivity index (χ3n) is 3.37. The van der Waals surface area contributed by atoms with Gasteiger partial charge in [0.15, 0.2) is 0 Å². The van der Waals surface area contributed by atoms with Crippen molar-refractivity contribution in [2.45, 2.75) is 6.92 Å². The number of carbonyl (C=O) groups is 1. The molecule has 0 aliphatic heterocycles. The summed E-state index contributed by atoms with van der Waals surface area (Å²) in [6.45, 7) is 2.05. The molecule has 3 aromatic rings. The summed E-state index contributed by atoms with van der Waals surface area (Å²) < 4.78 is 0. The largest absolute Gasteiger partial charge is 0.478 e. The highest BCUT2D eigenvalue weighted by Gasteiger charge is 2.11. The minimum atomic E-state index is -0.909. The number of carboxylic acids is 1. The van der Waals surface area contributed by atoms with E-state index in [0.717, 1.165) is 22.0 Å². The first kappa shape index (κ1) is 11.5. The predicted octanol–water partition coefficient (Wildman–Crippen LogP) is 3.84. The lowest BCUT2D eigenvalue weighted by Crippen LogP contribution is -1.93. The molecule has 0 spiro atoms. The van der Waals surface area contributed by atoms with Crippen LogP contribution in [-0.4, -0.2) is 16.1 Å². The Bertz CT molecular complexity index is 771. The van der Waals surface area contributed by atoms with Gasteiger partial charge >= 0.3 is 5.97 Å². The van der Waals surface area contributed by atoms with E-state index in [1.54, 1.807) is 0 Å². The van der Waals surface area contributed by atoms with Crippen LogP contribution in [0.4, 0.5) is 0 Å². The van der Waals surface area contributed by atoms with Crippen molar-refractivity contribution >= 4 is 16.9 Å². The number of aromatic nitrogens is 1. The Balaban J connectivity index is 2.24. The number of benzene rings is 2. The molecule has 3 heteroatoms. The number of hydrogen-bond donors (Lipinski definition) is 2. The van der Waals surface area contributed by atoms with E-state index in [-0.39, 0.29) is 0 Å². The molecule has 0 atom stereocenters. The summed E-state index contributed by atoms with van der Waals surface area (Å²) in [5.41, 5.74) is 4.49. The van der Waals surface area contributed by atoms with E-state index in [1.165, 1.54) is 11.8 Å². The van der Waals surface area contributed by atoms with E-state index in [1.807, 2.05) is 36.4 Å². The molecule has 0 radical (unpaired) electrons. The van der Waals surface area contributed by atoms with E-state index in [4.69, 9.17) is 5.11 Å². The second-order valence-electron chi connectivity index (χ2n) is 4.58. The van der Waals surface area contributed by atoms with Gasteiger partial charge in [0.25, 0.3) is 0 Å². The summed E-state index contributed by atoms with van der Waals surface area (Å²) in [4.78, 5) is 14.2. The van der Waals surface area contributed by atoms with Crippen molar-refractivity contribution in [1.29, 1.82) is 0 Å². The fraction of sp³-hybridized carbons (Fsp3) is 0.0625. The second kappa shape index (κ2) is 4.28. The molecule has 0 aliphatic rings. The third-order valence-corrected chi connectivity index (χ3v) is 3.37. The maximum absolute atomic E-state index is 11.2. The van der Waals surface area contributed by atoms with Gasteiger partial charge in [0, 0.05) is 17.1 Å². The van der Waals surface area contributed by atoms with Crippen LogP contribution in [-0.2, 0) is 0 Å². The number of aryl methyl sites for hydroxylation is 1. The van der Waals surface area contributed by atoms with Crippen LogP contribution in [0.5, 0.6) is 0 Å². The molecule has 3 rings (SSSR count). The van der Waals surface area contributed by atoms with Crippen LogP contribution in [0.15, 0.2) is 48.7 Å². The van der Waals surface area contributed by atoms with Gasteiger partial charge in [-0.3, -0.25) is 0 Å². The molecule has 3 nitrogen and oxygen atoms in total. The summed E-state index contributed by atoms with van der Waals surface area (Å²) in [5.74, 6) is -0.909. The Morgan fingerprint density at radius 3 is 2.68 bits per heavy atom. The summed E-state index contributed by atoms with van der Waals surface area (Å²) in [6, 6.07) is 13.9. The highest BCUT2D eigenvalue weighted by Crippen LogP contribution is 2.28. The van der Waals surface area contributed by atoms with E-state index in [9.17, 15) is 4.79 Å². The van der Waals surface area contributed by atoms with Gasteiger partial charge in [-0.1, -0.05) is 30.3 Å². The normalized spacial score (nSPS) is 10.8. The summed E-state index contributed by atoms with van der Waals surface area (Å²) in [7, 11) is 0. The van der Waals surface area contributed by atoms with E-state index in [2.05, 4.69) is 18.0 Å². The molecule has 1 heterocycles. The highest BCUT2D eigenvalue weighted by atomic mass is 16.4. The van der Waals surface area contributed by atoms with Gasteiger partial charge in [-0.2, -0.15) is 0 Å². The Morgan fingerprint density at radius 2 is 1.95 bits per heavy atom. The Labute approximate surface area is 110 Å². The molecule has 0 amide bonds. The van der Waals surface area contributed by atoms with Crippen molar-refractivity contribution < 1.29 is 9.90 Å². The lowest BCUT2D eigenvalue weighted by Gasteiger charge is -2.06. The van der Waals surface area contributed by atoms with Crippen molar-refractivity contribution in [3.8, 4) is 11.1 Å². The SMILES string of the molecule is Cc1ccccc1-c1ccc2[nH]cc(C(=O)O)c2c1. The van der Waals surface area contributed by atoms with Crippen LogP contribution in [0.3, 0.4) is 0 Å². The highest BCUT2D eigenvalue weighted by molar-refractivity contribution is 6.04. The number of nitrogens with one attached hydrogen (secondary N) is 1. The van der Waals surface area contributed by atoms with E-state index < -0.39 is 5.97 Å². The van der Waals surface area contributed by atoms with E-state index in [0.29, 0.717) is 5.56 Å². The predicted molar refractivity (Wildman–Crippen MR) is 75.4 cm³/mol. The number of H-pyrrole nitrogens is 1. The smallest absolute Gasteiger partial charge is 0.337 e. The monoisotopic (exact) mass is 251 g/mol. The van der Waals surface area contributed by atoms with Crippen molar-refractivity contribution in [3.05, 3.63) is 59.8 Å². The minimum absolute atomic E-state index is 0.311. The minimum Gasteiger partial charge on any atom is -0.478 e. The van der Waals surface area contributed by atoms with Crippen molar-refractivity contribution in [1.82, 2.24) is 4.98 Å². The molecule has 1 aromatic heterocycles. The number of fused-ring (bicyclic) bond motifs is 1. The van der Waals surface area contributed by atoms with Crippen LogP contribution in [0.25, 0.3) is 22.0 Å². The number of aromatic carboxylic acids is 1. The number of aromatic amines is 1. The zero-order chi connectivity index (χ0) is 13.4. The Morgan fingerprint density at radius 1 is 1.16 bits per heavy atom. The van der Waals surface area contributed by atoms with Crippen LogP contribution in [0, 0.1) is 6.92 Å². The molecule has 0 fully saturated rings. The first-order chi connectivity index (χ1) is 9.16. The molecule has 2 N–H and O–H groups in total. The number of rotatable bonds is 2. The fourth-order valence-corrected chi connectivity index (χ4v) is 2.36. The molecule has 0 aliphatic carbocycles. The molecule has 2 aromatic carbocycles. The number of hydrogen-bond acceptors (Lipinski definition) is 1. The van der Waals surface area contributed by atoms with E-state index >= 15 is 0 Å². The quantitative estimate of drug-likeness (QED) is 0.727. The Kier molecular flexibility index (Phi) is 2.60. The van der Waals surface area contributed by atoms with Crippen LogP contribution in [0.1, 0.15) is 15.9 Å². The topological polar surface area (TPSA) is 53.1 Å². The summed E-state index contributed by atoms with van der Waals surface area (Å²) >= 11 is 0. The molecular formula is C16H13NO2.